The zero-order chi connectivity index (χ0) is 10.1. The summed E-state index contributed by atoms with van der Waals surface area (Å²) in [5, 5.41) is 4.25. The fraction of sp³-hybridized carbons (Fsp3) is 0.625. The lowest BCUT2D eigenvalue weighted by atomic mass is 10.4. The highest BCUT2D eigenvalue weighted by molar-refractivity contribution is 6.67. The minimum absolute atomic E-state index is 0.472. The summed E-state index contributed by atoms with van der Waals surface area (Å²) in [5.41, 5.74) is 2.08. The zero-order valence-electron chi connectivity index (χ0n) is 7.52. The smallest absolute Gasteiger partial charge is 0.192 e. The number of alkyl halides is 3. The maximum Gasteiger partial charge on any atom is 0.192 e. The van der Waals surface area contributed by atoms with E-state index < -0.39 is 3.79 Å². The number of halogens is 3. The van der Waals surface area contributed by atoms with Crippen molar-refractivity contribution in [3.8, 4) is 0 Å². The molecule has 5 heteroatoms. The van der Waals surface area contributed by atoms with E-state index in [1.165, 1.54) is 0 Å². The van der Waals surface area contributed by atoms with Gasteiger partial charge in [-0.1, -0.05) is 34.8 Å². The van der Waals surface area contributed by atoms with E-state index in [2.05, 4.69) is 5.10 Å². The first kappa shape index (κ1) is 11.2. The highest BCUT2D eigenvalue weighted by Crippen LogP contribution is 2.30. The quantitative estimate of drug-likeness (QED) is 0.727. The predicted molar refractivity (Wildman–Crippen MR) is 56.6 cm³/mol. The zero-order valence-corrected chi connectivity index (χ0v) is 9.79. The molecule has 2 nitrogen and oxygen atoms in total. The van der Waals surface area contributed by atoms with Crippen molar-refractivity contribution in [3.63, 3.8) is 0 Å². The summed E-state index contributed by atoms with van der Waals surface area (Å²) < 4.78 is 0.656. The molecule has 0 saturated carbocycles. The van der Waals surface area contributed by atoms with Gasteiger partial charge in [0.2, 0.25) is 0 Å². The summed E-state index contributed by atoms with van der Waals surface area (Å²) in [6.07, 6.45) is 0.472. The monoisotopic (exact) mass is 240 g/mol. The van der Waals surface area contributed by atoms with Gasteiger partial charge >= 0.3 is 0 Å². The van der Waals surface area contributed by atoms with Crippen LogP contribution in [0.2, 0.25) is 0 Å². The second-order valence-corrected chi connectivity index (χ2v) is 5.53. The van der Waals surface area contributed by atoms with E-state index in [9.17, 15) is 0 Å². The minimum Gasteiger partial charge on any atom is -0.269 e. The molecule has 0 bridgehead atoms. The summed E-state index contributed by atoms with van der Waals surface area (Å²) in [4.78, 5) is 0. The molecule has 74 valence electrons. The lowest BCUT2D eigenvalue weighted by Crippen LogP contribution is -2.10. The molecule has 0 unspecified atom stereocenters. The molecule has 1 rings (SSSR count). The Hall–Kier alpha value is 0.0800. The summed E-state index contributed by atoms with van der Waals surface area (Å²) in [7, 11) is 0. The number of hydrogen-bond acceptors (Lipinski definition) is 1. The Morgan fingerprint density at radius 1 is 1.38 bits per heavy atom. The normalized spacial score (nSPS) is 12.1. The van der Waals surface area contributed by atoms with Crippen molar-refractivity contribution >= 4 is 34.8 Å². The van der Waals surface area contributed by atoms with E-state index >= 15 is 0 Å². The first-order valence-corrected chi connectivity index (χ1v) is 5.10. The first-order valence-electron chi connectivity index (χ1n) is 3.96. The molecule has 0 aliphatic heterocycles. The second kappa shape index (κ2) is 4.07. The topological polar surface area (TPSA) is 17.8 Å². The van der Waals surface area contributed by atoms with Gasteiger partial charge in [0, 0.05) is 18.7 Å². The van der Waals surface area contributed by atoms with Crippen molar-refractivity contribution < 1.29 is 0 Å². The minimum atomic E-state index is -1.19. The van der Waals surface area contributed by atoms with E-state index in [-0.39, 0.29) is 0 Å². The van der Waals surface area contributed by atoms with Crippen molar-refractivity contribution in [1.82, 2.24) is 9.78 Å². The van der Waals surface area contributed by atoms with Crippen LogP contribution >= 0.6 is 34.8 Å². The van der Waals surface area contributed by atoms with Crippen LogP contribution in [0, 0.1) is 13.8 Å². The van der Waals surface area contributed by atoms with Crippen LogP contribution < -0.4 is 0 Å². The highest BCUT2D eigenvalue weighted by Gasteiger charge is 2.19. The summed E-state index contributed by atoms with van der Waals surface area (Å²) in [5.74, 6) is 0. The number of aromatic nitrogens is 2. The SMILES string of the molecule is Cc1cc(C)n(CCC(Cl)(Cl)Cl)n1. The van der Waals surface area contributed by atoms with Crippen LogP contribution in [0.5, 0.6) is 0 Å². The van der Waals surface area contributed by atoms with E-state index in [0.29, 0.717) is 13.0 Å². The van der Waals surface area contributed by atoms with Gasteiger partial charge in [0.15, 0.2) is 3.79 Å². The molecule has 1 aromatic rings. The highest BCUT2D eigenvalue weighted by atomic mass is 35.6. The molecule has 0 saturated heterocycles. The van der Waals surface area contributed by atoms with Gasteiger partial charge in [0.25, 0.3) is 0 Å². The lowest BCUT2D eigenvalue weighted by molar-refractivity contribution is 0.568. The molecule has 1 heterocycles. The van der Waals surface area contributed by atoms with Crippen LogP contribution in [0.25, 0.3) is 0 Å². The van der Waals surface area contributed by atoms with E-state index in [0.717, 1.165) is 11.4 Å². The molecule has 13 heavy (non-hydrogen) atoms. The van der Waals surface area contributed by atoms with Crippen molar-refractivity contribution in [3.05, 3.63) is 17.5 Å². The molecule has 0 aliphatic carbocycles. The second-order valence-electron chi connectivity index (χ2n) is 3.02. The predicted octanol–water partition coefficient (Wildman–Crippen LogP) is 3.26. The molecule has 0 radical (unpaired) electrons. The van der Waals surface area contributed by atoms with Gasteiger partial charge in [0.05, 0.1) is 5.69 Å². The lowest BCUT2D eigenvalue weighted by Gasteiger charge is -2.10. The average Bonchev–Trinajstić information content (AvgIpc) is 2.24. The Morgan fingerprint density at radius 3 is 2.38 bits per heavy atom. The average molecular weight is 242 g/mol. The summed E-state index contributed by atoms with van der Waals surface area (Å²) in [6, 6.07) is 2.00. The molecule has 0 N–H and O–H groups in total. The van der Waals surface area contributed by atoms with Gasteiger partial charge in [-0.3, -0.25) is 4.68 Å². The van der Waals surface area contributed by atoms with Crippen molar-refractivity contribution in [1.29, 1.82) is 0 Å². The Balaban J connectivity index is 2.59. The van der Waals surface area contributed by atoms with Gasteiger partial charge in [-0.15, -0.1) is 0 Å². The Kier molecular flexibility index (Phi) is 3.50. The molecular weight excluding hydrogens is 230 g/mol. The van der Waals surface area contributed by atoms with Crippen LogP contribution in [-0.2, 0) is 6.54 Å². The van der Waals surface area contributed by atoms with Crippen LogP contribution in [0.3, 0.4) is 0 Å². The largest absolute Gasteiger partial charge is 0.269 e. The van der Waals surface area contributed by atoms with E-state index in [1.54, 1.807) is 0 Å². The standard InChI is InChI=1S/C8H11Cl3N2/c1-6-5-7(2)13(12-6)4-3-8(9,10)11/h5H,3-4H2,1-2H3. The van der Waals surface area contributed by atoms with Gasteiger partial charge in [-0.05, 0) is 19.9 Å². The van der Waals surface area contributed by atoms with Crippen molar-refractivity contribution in [2.75, 3.05) is 0 Å². The molecule has 0 fully saturated rings. The maximum absolute atomic E-state index is 5.63. The Bertz CT molecular complexity index is 288. The van der Waals surface area contributed by atoms with Gasteiger partial charge in [0.1, 0.15) is 0 Å². The van der Waals surface area contributed by atoms with Crippen LogP contribution in [0.4, 0.5) is 0 Å². The number of hydrogen-bond donors (Lipinski definition) is 0. The fourth-order valence-corrected chi connectivity index (χ4v) is 1.39. The van der Waals surface area contributed by atoms with Crippen LogP contribution in [0.15, 0.2) is 6.07 Å². The van der Waals surface area contributed by atoms with Crippen LogP contribution in [0.1, 0.15) is 17.8 Å². The molecule has 0 atom stereocenters. The number of rotatable bonds is 2. The summed E-state index contributed by atoms with van der Waals surface area (Å²) in [6.45, 7) is 4.56. The summed E-state index contributed by atoms with van der Waals surface area (Å²) >= 11 is 16.9. The molecule has 0 aliphatic rings. The van der Waals surface area contributed by atoms with Gasteiger partial charge in [-0.2, -0.15) is 5.10 Å². The third-order valence-corrected chi connectivity index (χ3v) is 2.28. The first-order chi connectivity index (χ1) is 5.88. The molecular formula is C8H11Cl3N2. The molecule has 0 spiro atoms. The Labute approximate surface area is 92.8 Å². The number of aryl methyl sites for hydroxylation is 3. The third kappa shape index (κ3) is 3.75. The van der Waals surface area contributed by atoms with Gasteiger partial charge < -0.3 is 0 Å². The third-order valence-electron chi connectivity index (χ3n) is 1.71. The number of nitrogens with zero attached hydrogens (tertiary/aromatic N) is 2. The van der Waals surface area contributed by atoms with Crippen molar-refractivity contribution in [2.45, 2.75) is 30.6 Å². The maximum atomic E-state index is 5.63. The fourth-order valence-electron chi connectivity index (χ4n) is 1.13. The molecule has 0 aromatic carbocycles. The Morgan fingerprint density at radius 2 is 2.00 bits per heavy atom. The van der Waals surface area contributed by atoms with Crippen LogP contribution in [-0.4, -0.2) is 13.6 Å². The van der Waals surface area contributed by atoms with E-state index in [4.69, 9.17) is 34.8 Å². The molecule has 0 amide bonds. The van der Waals surface area contributed by atoms with E-state index in [1.807, 2.05) is 24.6 Å². The van der Waals surface area contributed by atoms with Gasteiger partial charge in [-0.25, -0.2) is 0 Å². The molecule has 1 aromatic heterocycles. The van der Waals surface area contributed by atoms with Crippen molar-refractivity contribution in [2.24, 2.45) is 0 Å².